The van der Waals surface area contributed by atoms with Gasteiger partial charge in [0.1, 0.15) is 23.8 Å². The fourth-order valence-electron chi connectivity index (χ4n) is 4.81. The molecule has 196 valence electrons. The summed E-state index contributed by atoms with van der Waals surface area (Å²) in [7, 11) is 0. The Hall–Kier alpha value is -3.50. The molecule has 0 bridgehead atoms. The lowest BCUT2D eigenvalue weighted by Gasteiger charge is -2.43. The van der Waals surface area contributed by atoms with Gasteiger partial charge in [0, 0.05) is 31.4 Å². The summed E-state index contributed by atoms with van der Waals surface area (Å²) in [4.78, 5) is 29.9. The largest absolute Gasteiger partial charge is 0.490 e. The van der Waals surface area contributed by atoms with E-state index in [2.05, 4.69) is 5.10 Å². The molecule has 0 N–H and O–H groups in total. The first-order chi connectivity index (χ1) is 18.0. The maximum Gasteiger partial charge on any atom is 0.225 e. The summed E-state index contributed by atoms with van der Waals surface area (Å²) in [5.74, 6) is 0.00795. The molecule has 3 aromatic rings. The smallest absolute Gasteiger partial charge is 0.225 e. The molecule has 0 radical (unpaired) electrons. The van der Waals surface area contributed by atoms with Crippen LogP contribution in [0.4, 0.5) is 4.39 Å². The summed E-state index contributed by atoms with van der Waals surface area (Å²) in [6.07, 6.45) is 2.14. The van der Waals surface area contributed by atoms with Crippen molar-refractivity contribution in [3.05, 3.63) is 60.5 Å². The van der Waals surface area contributed by atoms with Crippen molar-refractivity contribution in [3.63, 3.8) is 0 Å². The lowest BCUT2D eigenvalue weighted by Crippen LogP contribution is -2.58. The molecule has 2 aliphatic heterocycles. The molecule has 0 saturated carbocycles. The molecule has 2 saturated heterocycles. The number of morpholine rings is 2. The highest BCUT2D eigenvalue weighted by molar-refractivity contribution is 5.80. The van der Waals surface area contributed by atoms with E-state index in [1.807, 2.05) is 28.9 Å². The number of carbonyl (C=O) groups excluding carboxylic acids is 2. The summed E-state index contributed by atoms with van der Waals surface area (Å²) in [6, 6.07) is 13.6. The minimum atomic E-state index is -1.02. The molecule has 37 heavy (non-hydrogen) atoms. The standard InChI is InChI=1S/C27H31FN4O5/c28-22-5-7-23(8-6-22)36-20-27(17-26(34)30-11-14-35-15-12-30)19-31(13-16-37-27)25(33)9-10-32-24-4-2-1-3-21(24)18-29-32/h1-8,18H,9-17,19-20H2. The summed E-state index contributed by atoms with van der Waals surface area (Å²) in [5, 5.41) is 5.44. The Kier molecular flexibility index (Phi) is 7.66. The molecule has 0 spiro atoms. The van der Waals surface area contributed by atoms with Crippen LogP contribution in [-0.2, 0) is 25.6 Å². The fraction of sp³-hybridized carbons (Fsp3) is 0.444. The van der Waals surface area contributed by atoms with Gasteiger partial charge >= 0.3 is 0 Å². The number of benzene rings is 2. The molecule has 9 nitrogen and oxygen atoms in total. The minimum Gasteiger partial charge on any atom is -0.490 e. The van der Waals surface area contributed by atoms with E-state index in [4.69, 9.17) is 14.2 Å². The molecule has 0 aliphatic carbocycles. The maximum atomic E-state index is 13.3. The summed E-state index contributed by atoms with van der Waals surface area (Å²) in [6.45, 7) is 3.50. The molecule has 2 aliphatic rings. The molecule has 1 atom stereocenters. The predicted octanol–water partition coefficient (Wildman–Crippen LogP) is 2.49. The normalized spacial score (nSPS) is 20.2. The van der Waals surface area contributed by atoms with Crippen molar-refractivity contribution < 1.29 is 28.2 Å². The van der Waals surface area contributed by atoms with E-state index in [1.54, 1.807) is 16.0 Å². The number of carbonyl (C=O) groups is 2. The topological polar surface area (TPSA) is 86.1 Å². The van der Waals surface area contributed by atoms with Crippen molar-refractivity contribution >= 4 is 22.7 Å². The van der Waals surface area contributed by atoms with E-state index in [9.17, 15) is 14.0 Å². The van der Waals surface area contributed by atoms with Crippen molar-refractivity contribution in [2.75, 3.05) is 52.6 Å². The SMILES string of the molecule is O=C(CC1(COc2ccc(F)cc2)CN(C(=O)CCn2ncc3ccccc32)CCO1)N1CCOCC1. The van der Waals surface area contributed by atoms with Gasteiger partial charge < -0.3 is 24.0 Å². The van der Waals surface area contributed by atoms with Crippen molar-refractivity contribution in [3.8, 4) is 5.75 Å². The highest BCUT2D eigenvalue weighted by Gasteiger charge is 2.42. The van der Waals surface area contributed by atoms with Crippen LogP contribution in [0.3, 0.4) is 0 Å². The third-order valence-electron chi connectivity index (χ3n) is 6.84. The first-order valence-electron chi connectivity index (χ1n) is 12.6. The number of nitrogens with zero attached hydrogens (tertiary/aromatic N) is 4. The van der Waals surface area contributed by atoms with Crippen LogP contribution in [0, 0.1) is 5.82 Å². The highest BCUT2D eigenvalue weighted by Crippen LogP contribution is 2.26. The maximum absolute atomic E-state index is 13.3. The summed E-state index contributed by atoms with van der Waals surface area (Å²) >= 11 is 0. The quantitative estimate of drug-likeness (QED) is 0.463. The van der Waals surface area contributed by atoms with Gasteiger partial charge in [0.25, 0.3) is 0 Å². The number of hydrogen-bond donors (Lipinski definition) is 0. The lowest BCUT2D eigenvalue weighted by molar-refractivity contribution is -0.167. The Balaban J connectivity index is 1.27. The van der Waals surface area contributed by atoms with E-state index < -0.39 is 5.60 Å². The van der Waals surface area contributed by atoms with Crippen LogP contribution in [0.2, 0.25) is 0 Å². The third-order valence-corrected chi connectivity index (χ3v) is 6.84. The first kappa shape index (κ1) is 25.2. The predicted molar refractivity (Wildman–Crippen MR) is 134 cm³/mol. The van der Waals surface area contributed by atoms with Crippen LogP contribution in [0.1, 0.15) is 12.8 Å². The van der Waals surface area contributed by atoms with Crippen LogP contribution >= 0.6 is 0 Å². The van der Waals surface area contributed by atoms with Gasteiger partial charge in [-0.15, -0.1) is 0 Å². The second-order valence-electron chi connectivity index (χ2n) is 9.44. The Morgan fingerprint density at radius 3 is 2.54 bits per heavy atom. The van der Waals surface area contributed by atoms with Crippen molar-refractivity contribution in [2.45, 2.75) is 25.0 Å². The van der Waals surface area contributed by atoms with Gasteiger partial charge in [0.15, 0.2) is 0 Å². The van der Waals surface area contributed by atoms with Gasteiger partial charge in [-0.2, -0.15) is 5.10 Å². The highest BCUT2D eigenvalue weighted by atomic mass is 19.1. The molecule has 1 unspecified atom stereocenters. The van der Waals surface area contributed by atoms with Crippen molar-refractivity contribution in [1.82, 2.24) is 19.6 Å². The first-order valence-corrected chi connectivity index (χ1v) is 12.6. The van der Waals surface area contributed by atoms with E-state index >= 15 is 0 Å². The number of fused-ring (bicyclic) bond motifs is 1. The van der Waals surface area contributed by atoms with Crippen LogP contribution in [0.5, 0.6) is 5.75 Å². The zero-order valence-electron chi connectivity index (χ0n) is 20.7. The van der Waals surface area contributed by atoms with Gasteiger partial charge in [-0.05, 0) is 30.3 Å². The number of amides is 2. The lowest BCUT2D eigenvalue weighted by atomic mass is 9.96. The van der Waals surface area contributed by atoms with Gasteiger partial charge in [0.05, 0.1) is 51.0 Å². The molecule has 10 heteroatoms. The number of aryl methyl sites for hydroxylation is 1. The average Bonchev–Trinajstić information content (AvgIpc) is 3.35. The molecule has 5 rings (SSSR count). The second-order valence-corrected chi connectivity index (χ2v) is 9.44. The van der Waals surface area contributed by atoms with Gasteiger partial charge in [-0.3, -0.25) is 14.3 Å². The molecule has 1 aromatic heterocycles. The zero-order chi connectivity index (χ0) is 25.7. The number of halogens is 1. The Morgan fingerprint density at radius 2 is 1.73 bits per heavy atom. The van der Waals surface area contributed by atoms with E-state index in [1.165, 1.54) is 24.3 Å². The zero-order valence-corrected chi connectivity index (χ0v) is 20.7. The fourth-order valence-corrected chi connectivity index (χ4v) is 4.81. The Labute approximate surface area is 214 Å². The van der Waals surface area contributed by atoms with Crippen LogP contribution < -0.4 is 4.74 Å². The average molecular weight is 511 g/mol. The number of ether oxygens (including phenoxy) is 3. The minimum absolute atomic E-state index is 0.0344. The van der Waals surface area contributed by atoms with Crippen molar-refractivity contribution in [1.29, 1.82) is 0 Å². The third kappa shape index (κ3) is 6.08. The van der Waals surface area contributed by atoms with Crippen LogP contribution in [-0.4, -0.2) is 89.6 Å². The number of aromatic nitrogens is 2. The molecular weight excluding hydrogens is 479 g/mol. The van der Waals surface area contributed by atoms with Crippen LogP contribution in [0.15, 0.2) is 54.7 Å². The number of para-hydroxylation sites is 1. The van der Waals surface area contributed by atoms with Gasteiger partial charge in [-0.1, -0.05) is 18.2 Å². The Bertz CT molecular complexity index is 1230. The number of hydrogen-bond acceptors (Lipinski definition) is 6. The van der Waals surface area contributed by atoms with E-state index in [-0.39, 0.29) is 43.6 Å². The van der Waals surface area contributed by atoms with Gasteiger partial charge in [0.2, 0.25) is 11.8 Å². The summed E-state index contributed by atoms with van der Waals surface area (Å²) in [5.41, 5.74) is -0.0359. The summed E-state index contributed by atoms with van der Waals surface area (Å²) < 4.78 is 32.7. The Morgan fingerprint density at radius 1 is 0.973 bits per heavy atom. The second kappa shape index (κ2) is 11.3. The molecular formula is C27H31FN4O5. The molecule has 3 heterocycles. The molecule has 2 fully saturated rings. The molecule has 2 amide bonds. The van der Waals surface area contributed by atoms with Gasteiger partial charge in [-0.25, -0.2) is 4.39 Å². The number of rotatable bonds is 8. The van der Waals surface area contributed by atoms with E-state index in [0.29, 0.717) is 51.7 Å². The monoisotopic (exact) mass is 510 g/mol. The van der Waals surface area contributed by atoms with Crippen LogP contribution in [0.25, 0.3) is 10.9 Å². The van der Waals surface area contributed by atoms with Crippen molar-refractivity contribution in [2.24, 2.45) is 0 Å². The molecule has 2 aromatic carbocycles. The van der Waals surface area contributed by atoms with E-state index in [0.717, 1.165) is 10.9 Å².